The van der Waals surface area contributed by atoms with Crippen molar-refractivity contribution in [2.75, 3.05) is 5.43 Å². The number of nitrogens with one attached hydrogen (secondary N) is 1. The van der Waals surface area contributed by atoms with Crippen LogP contribution in [0.1, 0.15) is 33.1 Å². The van der Waals surface area contributed by atoms with Gasteiger partial charge in [0, 0.05) is 11.8 Å². The molecule has 0 aliphatic heterocycles. The Balaban J connectivity index is 2.25. The van der Waals surface area contributed by atoms with Crippen molar-refractivity contribution in [1.29, 1.82) is 0 Å². The van der Waals surface area contributed by atoms with Gasteiger partial charge in [0.15, 0.2) is 0 Å². The summed E-state index contributed by atoms with van der Waals surface area (Å²) >= 11 is 0. The van der Waals surface area contributed by atoms with E-state index in [4.69, 9.17) is 0 Å². The molecule has 118 valence electrons. The standard InChI is InChI=1S/C14H18N4O4/c1-9-4-3-5-12(10(9)2)15-16-13-7-6-11(17(19)20)8-14(13)18(21)22/h6-10,16H,3-5H2,1-2H3/t9-,10+/m1/s1. The maximum Gasteiger partial charge on any atom is 0.301 e. The summed E-state index contributed by atoms with van der Waals surface area (Å²) in [5.41, 5.74) is 3.18. The Hall–Kier alpha value is -2.51. The van der Waals surface area contributed by atoms with Gasteiger partial charge < -0.3 is 0 Å². The second-order valence-electron chi connectivity index (χ2n) is 5.59. The predicted molar refractivity (Wildman–Crippen MR) is 83.0 cm³/mol. The molecule has 0 aromatic heterocycles. The van der Waals surface area contributed by atoms with Gasteiger partial charge in [0.2, 0.25) is 0 Å². The van der Waals surface area contributed by atoms with Gasteiger partial charge >= 0.3 is 5.69 Å². The molecule has 0 saturated heterocycles. The molecule has 1 aromatic carbocycles. The average molecular weight is 306 g/mol. The van der Waals surface area contributed by atoms with Crippen molar-refractivity contribution in [2.45, 2.75) is 33.1 Å². The van der Waals surface area contributed by atoms with Crippen LogP contribution in [0.3, 0.4) is 0 Å². The Kier molecular flexibility index (Phi) is 4.69. The minimum Gasteiger partial charge on any atom is -0.272 e. The van der Waals surface area contributed by atoms with Gasteiger partial charge in [0.05, 0.1) is 15.9 Å². The number of hydrogen-bond acceptors (Lipinski definition) is 6. The zero-order valence-electron chi connectivity index (χ0n) is 12.5. The van der Waals surface area contributed by atoms with Gasteiger partial charge in [0.1, 0.15) is 5.69 Å². The zero-order valence-corrected chi connectivity index (χ0v) is 12.5. The molecule has 0 spiro atoms. The Bertz CT molecular complexity index is 629. The molecule has 0 unspecified atom stereocenters. The maximum atomic E-state index is 11.1. The van der Waals surface area contributed by atoms with Gasteiger partial charge in [-0.05, 0) is 37.2 Å². The first kappa shape index (κ1) is 15.9. The largest absolute Gasteiger partial charge is 0.301 e. The maximum absolute atomic E-state index is 11.1. The van der Waals surface area contributed by atoms with Crippen molar-refractivity contribution in [1.82, 2.24) is 0 Å². The van der Waals surface area contributed by atoms with Gasteiger partial charge in [-0.3, -0.25) is 25.7 Å². The molecule has 1 aliphatic carbocycles. The van der Waals surface area contributed by atoms with Crippen molar-refractivity contribution in [2.24, 2.45) is 16.9 Å². The minimum absolute atomic E-state index is 0.161. The van der Waals surface area contributed by atoms with Gasteiger partial charge in [-0.15, -0.1) is 0 Å². The molecular weight excluding hydrogens is 288 g/mol. The molecule has 0 bridgehead atoms. The van der Waals surface area contributed by atoms with E-state index in [1.165, 1.54) is 12.1 Å². The van der Waals surface area contributed by atoms with Crippen LogP contribution in [0, 0.1) is 32.1 Å². The van der Waals surface area contributed by atoms with E-state index in [1.807, 2.05) is 0 Å². The summed E-state index contributed by atoms with van der Waals surface area (Å²) in [7, 11) is 0. The van der Waals surface area contributed by atoms with Gasteiger partial charge in [0.25, 0.3) is 5.69 Å². The van der Waals surface area contributed by atoms with Gasteiger partial charge in [-0.25, -0.2) is 0 Å². The highest BCUT2D eigenvalue weighted by molar-refractivity contribution is 5.88. The molecular formula is C14H18N4O4. The highest BCUT2D eigenvalue weighted by atomic mass is 16.6. The highest BCUT2D eigenvalue weighted by Gasteiger charge is 2.24. The number of hydrogen-bond donors (Lipinski definition) is 1. The lowest BCUT2D eigenvalue weighted by molar-refractivity contribution is -0.393. The lowest BCUT2D eigenvalue weighted by Gasteiger charge is -2.27. The summed E-state index contributed by atoms with van der Waals surface area (Å²) < 4.78 is 0. The SMILES string of the molecule is C[C@@H]1CCCC(=NNc2ccc([N+](=O)[O-])cc2[N+](=O)[O-])[C@H]1C. The number of nitrogens with zero attached hydrogens (tertiary/aromatic N) is 3. The summed E-state index contributed by atoms with van der Waals surface area (Å²) in [4.78, 5) is 20.5. The van der Waals surface area contributed by atoms with Crippen LogP contribution in [0.5, 0.6) is 0 Å². The number of hydrazone groups is 1. The average Bonchev–Trinajstić information content (AvgIpc) is 2.48. The summed E-state index contributed by atoms with van der Waals surface area (Å²) in [6.45, 7) is 4.25. The first-order valence-electron chi connectivity index (χ1n) is 7.15. The molecule has 1 saturated carbocycles. The fraction of sp³-hybridized carbons (Fsp3) is 0.500. The monoisotopic (exact) mass is 306 g/mol. The third-order valence-electron chi connectivity index (χ3n) is 4.18. The summed E-state index contributed by atoms with van der Waals surface area (Å²) in [5, 5.41) is 26.1. The highest BCUT2D eigenvalue weighted by Crippen LogP contribution is 2.30. The number of rotatable bonds is 4. The molecule has 2 rings (SSSR count). The van der Waals surface area contributed by atoms with Crippen molar-refractivity contribution in [3.8, 4) is 0 Å². The molecule has 8 nitrogen and oxygen atoms in total. The topological polar surface area (TPSA) is 111 Å². The molecule has 22 heavy (non-hydrogen) atoms. The Morgan fingerprint density at radius 1 is 1.23 bits per heavy atom. The van der Waals surface area contributed by atoms with Crippen LogP contribution < -0.4 is 5.43 Å². The van der Waals surface area contributed by atoms with Crippen LogP contribution >= 0.6 is 0 Å². The van der Waals surface area contributed by atoms with E-state index < -0.39 is 9.85 Å². The van der Waals surface area contributed by atoms with E-state index in [0.29, 0.717) is 11.8 Å². The third-order valence-corrected chi connectivity index (χ3v) is 4.18. The number of anilines is 1. The van der Waals surface area contributed by atoms with E-state index in [2.05, 4.69) is 24.4 Å². The first-order chi connectivity index (χ1) is 10.4. The van der Waals surface area contributed by atoms with Crippen LogP contribution in [-0.2, 0) is 0 Å². The van der Waals surface area contributed by atoms with Crippen LogP contribution in [0.15, 0.2) is 23.3 Å². The van der Waals surface area contributed by atoms with Crippen LogP contribution in [0.2, 0.25) is 0 Å². The van der Waals surface area contributed by atoms with Gasteiger partial charge in [-0.1, -0.05) is 13.8 Å². The zero-order chi connectivity index (χ0) is 16.3. The Morgan fingerprint density at radius 3 is 2.59 bits per heavy atom. The van der Waals surface area contributed by atoms with E-state index in [9.17, 15) is 20.2 Å². The molecule has 1 N–H and O–H groups in total. The van der Waals surface area contributed by atoms with E-state index >= 15 is 0 Å². The lowest BCUT2D eigenvalue weighted by atomic mass is 9.80. The molecule has 0 radical (unpaired) electrons. The van der Waals surface area contributed by atoms with Crippen molar-refractivity contribution < 1.29 is 9.85 Å². The van der Waals surface area contributed by atoms with E-state index in [1.54, 1.807) is 0 Å². The normalized spacial score (nSPS) is 23.3. The van der Waals surface area contributed by atoms with Gasteiger partial charge in [-0.2, -0.15) is 5.10 Å². The summed E-state index contributed by atoms with van der Waals surface area (Å²) in [6.07, 6.45) is 3.06. The number of benzene rings is 1. The van der Waals surface area contributed by atoms with Crippen LogP contribution in [-0.4, -0.2) is 15.6 Å². The molecule has 1 aromatic rings. The smallest absolute Gasteiger partial charge is 0.272 e. The summed E-state index contributed by atoms with van der Waals surface area (Å²) in [5.74, 6) is 0.847. The molecule has 1 aliphatic rings. The van der Waals surface area contributed by atoms with Crippen LogP contribution in [0.4, 0.5) is 17.1 Å². The van der Waals surface area contributed by atoms with E-state index in [0.717, 1.165) is 31.0 Å². The third kappa shape index (κ3) is 3.38. The lowest BCUT2D eigenvalue weighted by Crippen LogP contribution is -2.25. The molecule has 0 amide bonds. The fourth-order valence-electron chi connectivity index (χ4n) is 2.58. The minimum atomic E-state index is -0.659. The Labute approximate surface area is 127 Å². The molecule has 2 atom stereocenters. The number of nitro benzene ring substituents is 2. The predicted octanol–water partition coefficient (Wildman–Crippen LogP) is 3.73. The molecule has 8 heteroatoms. The van der Waals surface area contributed by atoms with E-state index in [-0.39, 0.29) is 17.1 Å². The number of nitro groups is 2. The Morgan fingerprint density at radius 2 is 1.95 bits per heavy atom. The quantitative estimate of drug-likeness (QED) is 0.673. The van der Waals surface area contributed by atoms with Crippen molar-refractivity contribution in [3.63, 3.8) is 0 Å². The second-order valence-corrected chi connectivity index (χ2v) is 5.59. The fourth-order valence-corrected chi connectivity index (χ4v) is 2.58. The first-order valence-corrected chi connectivity index (χ1v) is 7.15. The molecule has 0 heterocycles. The van der Waals surface area contributed by atoms with Crippen molar-refractivity contribution in [3.05, 3.63) is 38.4 Å². The molecule has 1 fully saturated rings. The number of non-ortho nitro benzene ring substituents is 1. The summed E-state index contributed by atoms with van der Waals surface area (Å²) in [6, 6.07) is 3.48. The van der Waals surface area contributed by atoms with Crippen molar-refractivity contribution >= 4 is 22.8 Å². The van der Waals surface area contributed by atoms with Crippen LogP contribution in [0.25, 0.3) is 0 Å². The second kappa shape index (κ2) is 6.50.